The van der Waals surface area contributed by atoms with E-state index >= 15 is 0 Å². The lowest BCUT2D eigenvalue weighted by Crippen LogP contribution is -2.34. The van der Waals surface area contributed by atoms with E-state index in [-0.39, 0.29) is 35.5 Å². The standard InChI is InChI=1S/C21H26BrN3O5S/c1-21(2,3)20(27)25-16-8-5-14(6-9-16)19(26)23-11-12-24-31(28,29)18-13-15(22)7-10-17(18)30-4/h5-10,13,24H,11-12H2,1-4H3,(H,23,26)(H,25,27). The molecule has 0 fully saturated rings. The van der Waals surface area contributed by atoms with E-state index in [0.29, 0.717) is 15.7 Å². The Hall–Kier alpha value is -2.43. The van der Waals surface area contributed by atoms with E-state index in [1.807, 2.05) is 20.8 Å². The molecule has 0 spiro atoms. The zero-order chi connectivity index (χ0) is 23.2. The lowest BCUT2D eigenvalue weighted by Gasteiger charge is -2.17. The molecular weight excluding hydrogens is 486 g/mol. The molecule has 31 heavy (non-hydrogen) atoms. The second-order valence-electron chi connectivity index (χ2n) is 7.73. The van der Waals surface area contributed by atoms with Crippen molar-refractivity contribution in [2.75, 3.05) is 25.5 Å². The summed E-state index contributed by atoms with van der Waals surface area (Å²) < 4.78 is 33.2. The number of rotatable bonds is 8. The van der Waals surface area contributed by atoms with Crippen LogP contribution in [-0.4, -0.2) is 40.4 Å². The summed E-state index contributed by atoms with van der Waals surface area (Å²) in [7, 11) is -2.42. The first-order valence-corrected chi connectivity index (χ1v) is 11.7. The molecule has 0 aliphatic carbocycles. The molecule has 8 nitrogen and oxygen atoms in total. The van der Waals surface area contributed by atoms with Crippen LogP contribution >= 0.6 is 15.9 Å². The molecule has 3 N–H and O–H groups in total. The lowest BCUT2D eigenvalue weighted by atomic mass is 9.95. The molecule has 0 saturated carbocycles. The molecule has 0 aromatic heterocycles. The summed E-state index contributed by atoms with van der Waals surface area (Å²) >= 11 is 3.24. The fraction of sp³-hybridized carbons (Fsp3) is 0.333. The van der Waals surface area contributed by atoms with Gasteiger partial charge in [-0.05, 0) is 42.5 Å². The van der Waals surface area contributed by atoms with Crippen molar-refractivity contribution in [3.05, 3.63) is 52.5 Å². The minimum absolute atomic E-state index is 0.00333. The number of anilines is 1. The van der Waals surface area contributed by atoms with Crippen molar-refractivity contribution in [1.82, 2.24) is 10.0 Å². The lowest BCUT2D eigenvalue weighted by molar-refractivity contribution is -0.123. The molecule has 0 saturated heterocycles. The van der Waals surface area contributed by atoms with E-state index in [0.717, 1.165) is 0 Å². The van der Waals surface area contributed by atoms with Gasteiger partial charge in [-0.15, -0.1) is 0 Å². The Morgan fingerprint density at radius 3 is 2.26 bits per heavy atom. The fourth-order valence-corrected chi connectivity index (χ4v) is 4.16. The van der Waals surface area contributed by atoms with Crippen molar-refractivity contribution in [3.63, 3.8) is 0 Å². The van der Waals surface area contributed by atoms with Gasteiger partial charge in [0.05, 0.1) is 7.11 Å². The SMILES string of the molecule is COc1ccc(Br)cc1S(=O)(=O)NCCNC(=O)c1ccc(NC(=O)C(C)(C)C)cc1. The number of ether oxygens (including phenoxy) is 1. The number of amides is 2. The van der Waals surface area contributed by atoms with Crippen molar-refractivity contribution in [3.8, 4) is 5.75 Å². The van der Waals surface area contributed by atoms with Gasteiger partial charge in [-0.25, -0.2) is 13.1 Å². The molecule has 2 aromatic carbocycles. The third kappa shape index (κ3) is 7.05. The normalized spacial score (nSPS) is 11.6. The van der Waals surface area contributed by atoms with Crippen LogP contribution in [0.5, 0.6) is 5.75 Å². The summed E-state index contributed by atoms with van der Waals surface area (Å²) in [6.45, 7) is 5.53. The Balaban J connectivity index is 1.89. The summed E-state index contributed by atoms with van der Waals surface area (Å²) in [6.07, 6.45) is 0. The number of hydrogen-bond acceptors (Lipinski definition) is 5. The van der Waals surface area contributed by atoms with Crippen LogP contribution in [0.2, 0.25) is 0 Å². The monoisotopic (exact) mass is 511 g/mol. The molecule has 168 valence electrons. The molecule has 2 amide bonds. The van der Waals surface area contributed by atoms with E-state index in [4.69, 9.17) is 4.74 Å². The maximum Gasteiger partial charge on any atom is 0.251 e. The van der Waals surface area contributed by atoms with Gasteiger partial charge in [0.1, 0.15) is 10.6 Å². The topological polar surface area (TPSA) is 114 Å². The minimum atomic E-state index is -3.81. The number of benzene rings is 2. The van der Waals surface area contributed by atoms with Crippen LogP contribution in [0.4, 0.5) is 5.69 Å². The third-order valence-electron chi connectivity index (χ3n) is 4.20. The molecule has 2 aromatic rings. The largest absolute Gasteiger partial charge is 0.495 e. The summed E-state index contributed by atoms with van der Waals surface area (Å²) in [5.74, 6) is -0.259. The average Bonchev–Trinajstić information content (AvgIpc) is 2.71. The van der Waals surface area contributed by atoms with E-state index in [1.54, 1.807) is 36.4 Å². The Kier molecular flexibility index (Phi) is 8.21. The van der Waals surface area contributed by atoms with Crippen LogP contribution in [0.15, 0.2) is 51.8 Å². The van der Waals surface area contributed by atoms with Crippen LogP contribution in [0, 0.1) is 5.41 Å². The summed E-state index contributed by atoms with van der Waals surface area (Å²) in [5.41, 5.74) is 0.459. The van der Waals surface area contributed by atoms with Gasteiger partial charge in [-0.3, -0.25) is 9.59 Å². The van der Waals surface area contributed by atoms with Gasteiger partial charge >= 0.3 is 0 Å². The predicted molar refractivity (Wildman–Crippen MR) is 123 cm³/mol. The Bertz CT molecular complexity index is 1050. The van der Waals surface area contributed by atoms with Gasteiger partial charge in [0.25, 0.3) is 5.91 Å². The molecular formula is C21H26BrN3O5S. The van der Waals surface area contributed by atoms with Crippen molar-refractivity contribution >= 4 is 43.5 Å². The van der Waals surface area contributed by atoms with E-state index in [2.05, 4.69) is 31.3 Å². The number of carbonyl (C=O) groups is 2. The minimum Gasteiger partial charge on any atom is -0.495 e. The highest BCUT2D eigenvalue weighted by Crippen LogP contribution is 2.27. The number of sulfonamides is 1. The molecule has 0 heterocycles. The van der Waals surface area contributed by atoms with Gasteiger partial charge in [-0.2, -0.15) is 0 Å². The first-order chi connectivity index (χ1) is 14.4. The van der Waals surface area contributed by atoms with Crippen LogP contribution < -0.4 is 20.1 Å². The van der Waals surface area contributed by atoms with E-state index < -0.39 is 15.4 Å². The van der Waals surface area contributed by atoms with Gasteiger partial charge in [0.2, 0.25) is 15.9 Å². The van der Waals surface area contributed by atoms with Gasteiger partial charge in [0.15, 0.2) is 0 Å². The molecule has 0 unspecified atom stereocenters. The first-order valence-electron chi connectivity index (χ1n) is 9.47. The molecule has 0 bridgehead atoms. The molecule has 10 heteroatoms. The third-order valence-corrected chi connectivity index (χ3v) is 6.18. The second kappa shape index (κ2) is 10.3. The van der Waals surface area contributed by atoms with Crippen molar-refractivity contribution in [2.45, 2.75) is 25.7 Å². The highest BCUT2D eigenvalue weighted by Gasteiger charge is 2.21. The smallest absolute Gasteiger partial charge is 0.251 e. The molecule has 0 radical (unpaired) electrons. The Labute approximate surface area is 190 Å². The molecule has 0 atom stereocenters. The summed E-state index contributed by atoms with van der Waals surface area (Å²) in [4.78, 5) is 24.3. The van der Waals surface area contributed by atoms with Crippen LogP contribution in [0.25, 0.3) is 0 Å². The Morgan fingerprint density at radius 2 is 1.68 bits per heavy atom. The number of carbonyl (C=O) groups excluding carboxylic acids is 2. The zero-order valence-electron chi connectivity index (χ0n) is 17.8. The highest BCUT2D eigenvalue weighted by molar-refractivity contribution is 9.10. The van der Waals surface area contributed by atoms with Crippen LogP contribution in [-0.2, 0) is 14.8 Å². The maximum absolute atomic E-state index is 12.5. The average molecular weight is 512 g/mol. The fourth-order valence-electron chi connectivity index (χ4n) is 2.43. The van der Waals surface area contributed by atoms with E-state index in [9.17, 15) is 18.0 Å². The summed E-state index contributed by atoms with van der Waals surface area (Å²) in [5, 5.41) is 5.44. The quantitative estimate of drug-likeness (QED) is 0.471. The van der Waals surface area contributed by atoms with Gasteiger partial charge in [0, 0.05) is 34.2 Å². The van der Waals surface area contributed by atoms with Crippen molar-refractivity contribution in [1.29, 1.82) is 0 Å². The molecule has 2 rings (SSSR count). The number of halogens is 1. The highest BCUT2D eigenvalue weighted by atomic mass is 79.9. The maximum atomic E-state index is 12.5. The van der Waals surface area contributed by atoms with Crippen molar-refractivity contribution < 1.29 is 22.7 Å². The van der Waals surface area contributed by atoms with Crippen LogP contribution in [0.3, 0.4) is 0 Å². The molecule has 0 aliphatic rings. The van der Waals surface area contributed by atoms with E-state index in [1.165, 1.54) is 13.2 Å². The van der Waals surface area contributed by atoms with Crippen LogP contribution in [0.1, 0.15) is 31.1 Å². The zero-order valence-corrected chi connectivity index (χ0v) is 20.2. The summed E-state index contributed by atoms with van der Waals surface area (Å²) in [6, 6.07) is 11.1. The Morgan fingerprint density at radius 1 is 1.03 bits per heavy atom. The number of nitrogens with one attached hydrogen (secondary N) is 3. The van der Waals surface area contributed by atoms with Crippen molar-refractivity contribution in [2.24, 2.45) is 5.41 Å². The second-order valence-corrected chi connectivity index (χ2v) is 10.4. The number of hydrogen-bond donors (Lipinski definition) is 3. The number of methoxy groups -OCH3 is 1. The van der Waals surface area contributed by atoms with Gasteiger partial charge in [-0.1, -0.05) is 36.7 Å². The predicted octanol–water partition coefficient (Wildman–Crippen LogP) is 3.15. The van der Waals surface area contributed by atoms with Gasteiger partial charge < -0.3 is 15.4 Å². The molecule has 0 aliphatic heterocycles. The first kappa shape index (κ1) is 24.8.